The highest BCUT2D eigenvalue weighted by Crippen LogP contribution is 2.34. The van der Waals surface area contributed by atoms with Crippen LogP contribution in [-0.2, 0) is 4.79 Å². The van der Waals surface area contributed by atoms with Crippen LogP contribution in [0, 0.1) is 0 Å². The van der Waals surface area contributed by atoms with Crippen molar-refractivity contribution in [1.29, 1.82) is 0 Å². The van der Waals surface area contributed by atoms with E-state index in [4.69, 9.17) is 4.74 Å². The predicted molar refractivity (Wildman–Crippen MR) is 84.3 cm³/mol. The lowest BCUT2D eigenvalue weighted by molar-refractivity contribution is -0.114. The van der Waals surface area contributed by atoms with E-state index in [2.05, 4.69) is 12.1 Å². The van der Waals surface area contributed by atoms with Crippen molar-refractivity contribution >= 4 is 11.4 Å². The van der Waals surface area contributed by atoms with E-state index in [9.17, 15) is 4.79 Å². The van der Waals surface area contributed by atoms with Crippen LogP contribution in [0.15, 0.2) is 60.2 Å². The second kappa shape index (κ2) is 5.96. The molecule has 0 aliphatic heterocycles. The Balaban J connectivity index is 2.14. The summed E-state index contributed by atoms with van der Waals surface area (Å²) in [5, 5.41) is 0. The molecule has 1 fully saturated rings. The minimum absolute atomic E-state index is 0.282. The van der Waals surface area contributed by atoms with Crippen LogP contribution >= 0.6 is 0 Å². The van der Waals surface area contributed by atoms with Crippen molar-refractivity contribution in [2.24, 2.45) is 0 Å². The second-order valence-corrected chi connectivity index (χ2v) is 5.22. The Morgan fingerprint density at radius 1 is 0.905 bits per heavy atom. The molecule has 0 spiro atoms. The van der Waals surface area contributed by atoms with Gasteiger partial charge in [0.15, 0.2) is 5.78 Å². The molecule has 0 amide bonds. The molecule has 1 saturated carbocycles. The molecule has 0 aromatic heterocycles. The van der Waals surface area contributed by atoms with E-state index >= 15 is 0 Å². The molecule has 1 aliphatic carbocycles. The van der Waals surface area contributed by atoms with Gasteiger partial charge in [-0.1, -0.05) is 42.5 Å². The molecule has 0 saturated heterocycles. The normalized spacial score (nSPS) is 16.9. The number of ketones is 1. The van der Waals surface area contributed by atoms with Gasteiger partial charge in [0.1, 0.15) is 5.75 Å². The molecule has 2 nitrogen and oxygen atoms in total. The van der Waals surface area contributed by atoms with Crippen molar-refractivity contribution in [1.82, 2.24) is 0 Å². The SMILES string of the molecule is COc1ccc(/C(=C2\CCCC2=O)c2ccccc2)cc1. The van der Waals surface area contributed by atoms with Gasteiger partial charge in [0, 0.05) is 12.0 Å². The molecule has 0 bridgehead atoms. The summed E-state index contributed by atoms with van der Waals surface area (Å²) >= 11 is 0. The number of methoxy groups -OCH3 is 1. The number of hydrogen-bond donors (Lipinski definition) is 0. The molecule has 106 valence electrons. The first-order valence-corrected chi connectivity index (χ1v) is 7.26. The first-order valence-electron chi connectivity index (χ1n) is 7.26. The van der Waals surface area contributed by atoms with Gasteiger partial charge in [-0.3, -0.25) is 4.79 Å². The molecule has 3 rings (SSSR count). The third-order valence-corrected chi connectivity index (χ3v) is 3.91. The second-order valence-electron chi connectivity index (χ2n) is 5.22. The topological polar surface area (TPSA) is 26.3 Å². The highest BCUT2D eigenvalue weighted by molar-refractivity contribution is 6.07. The monoisotopic (exact) mass is 278 g/mol. The number of ether oxygens (including phenoxy) is 1. The maximum Gasteiger partial charge on any atom is 0.159 e. The number of benzene rings is 2. The van der Waals surface area contributed by atoms with Crippen molar-refractivity contribution in [3.8, 4) is 5.75 Å². The van der Waals surface area contributed by atoms with Gasteiger partial charge >= 0.3 is 0 Å². The summed E-state index contributed by atoms with van der Waals surface area (Å²) in [6.45, 7) is 0. The van der Waals surface area contributed by atoms with Crippen molar-refractivity contribution in [3.63, 3.8) is 0 Å². The number of carbonyl (C=O) groups is 1. The highest BCUT2D eigenvalue weighted by Gasteiger charge is 2.22. The number of carbonyl (C=O) groups excluding carboxylic acids is 1. The lowest BCUT2D eigenvalue weighted by Crippen LogP contribution is -1.99. The van der Waals surface area contributed by atoms with E-state index in [0.717, 1.165) is 40.9 Å². The van der Waals surface area contributed by atoms with E-state index in [1.165, 1.54) is 0 Å². The molecule has 2 heteroatoms. The minimum Gasteiger partial charge on any atom is -0.497 e. The molecule has 0 heterocycles. The fourth-order valence-corrected chi connectivity index (χ4v) is 2.86. The lowest BCUT2D eigenvalue weighted by atomic mass is 9.92. The van der Waals surface area contributed by atoms with Gasteiger partial charge in [-0.25, -0.2) is 0 Å². The van der Waals surface area contributed by atoms with Crippen molar-refractivity contribution < 1.29 is 9.53 Å². The first kappa shape index (κ1) is 13.6. The molecule has 21 heavy (non-hydrogen) atoms. The van der Waals surface area contributed by atoms with Crippen LogP contribution in [0.25, 0.3) is 5.57 Å². The fraction of sp³-hybridized carbons (Fsp3) is 0.211. The van der Waals surface area contributed by atoms with E-state index < -0.39 is 0 Å². The van der Waals surface area contributed by atoms with E-state index in [0.29, 0.717) is 6.42 Å². The van der Waals surface area contributed by atoms with Gasteiger partial charge in [0.05, 0.1) is 7.11 Å². The fourth-order valence-electron chi connectivity index (χ4n) is 2.86. The van der Waals surface area contributed by atoms with Crippen LogP contribution in [-0.4, -0.2) is 12.9 Å². The van der Waals surface area contributed by atoms with E-state index in [-0.39, 0.29) is 5.78 Å². The average molecular weight is 278 g/mol. The zero-order chi connectivity index (χ0) is 14.7. The van der Waals surface area contributed by atoms with Crippen LogP contribution in [0.5, 0.6) is 5.75 Å². The van der Waals surface area contributed by atoms with Gasteiger partial charge in [-0.15, -0.1) is 0 Å². The number of allylic oxidation sites excluding steroid dienone is 1. The van der Waals surface area contributed by atoms with Crippen LogP contribution < -0.4 is 4.74 Å². The van der Waals surface area contributed by atoms with Gasteiger partial charge < -0.3 is 4.74 Å². The summed E-state index contributed by atoms with van der Waals surface area (Å²) < 4.78 is 5.22. The zero-order valence-electron chi connectivity index (χ0n) is 12.1. The highest BCUT2D eigenvalue weighted by atomic mass is 16.5. The summed E-state index contributed by atoms with van der Waals surface area (Å²) in [5.74, 6) is 1.11. The van der Waals surface area contributed by atoms with Crippen LogP contribution in [0.1, 0.15) is 30.4 Å². The summed E-state index contributed by atoms with van der Waals surface area (Å²) in [6.07, 6.45) is 2.50. The summed E-state index contributed by atoms with van der Waals surface area (Å²) in [4.78, 5) is 12.2. The molecule has 1 aliphatic rings. The molecule has 2 aromatic carbocycles. The molecular formula is C19H18O2. The van der Waals surface area contributed by atoms with Crippen molar-refractivity contribution in [2.45, 2.75) is 19.3 Å². The van der Waals surface area contributed by atoms with Crippen LogP contribution in [0.2, 0.25) is 0 Å². The average Bonchev–Trinajstić information content (AvgIpc) is 2.95. The maximum absolute atomic E-state index is 12.2. The summed E-state index contributed by atoms with van der Waals surface area (Å²) in [5.41, 5.74) is 4.22. The smallest absolute Gasteiger partial charge is 0.159 e. The Morgan fingerprint density at radius 3 is 2.14 bits per heavy atom. The van der Waals surface area contributed by atoms with E-state index in [1.54, 1.807) is 7.11 Å². The standard InChI is InChI=1S/C19H18O2/c1-21-16-12-10-15(11-13-16)19(14-6-3-2-4-7-14)17-8-5-9-18(17)20/h2-4,6-7,10-13H,5,8-9H2,1H3/b19-17+. The first-order chi connectivity index (χ1) is 10.3. The third kappa shape index (κ3) is 2.75. The predicted octanol–water partition coefficient (Wildman–Crippen LogP) is 4.25. The largest absolute Gasteiger partial charge is 0.497 e. The number of hydrogen-bond acceptors (Lipinski definition) is 2. The summed E-state index contributed by atoms with van der Waals surface area (Å²) in [7, 11) is 1.66. The van der Waals surface area contributed by atoms with Gasteiger partial charge in [0.2, 0.25) is 0 Å². The Bertz CT molecular complexity index is 666. The molecule has 0 N–H and O–H groups in total. The Morgan fingerprint density at radius 2 is 1.57 bits per heavy atom. The Labute approximate surface area is 125 Å². The molecule has 0 unspecified atom stereocenters. The zero-order valence-corrected chi connectivity index (χ0v) is 12.1. The Hall–Kier alpha value is -2.35. The van der Waals surface area contributed by atoms with Crippen molar-refractivity contribution in [2.75, 3.05) is 7.11 Å². The molecule has 0 radical (unpaired) electrons. The molecular weight excluding hydrogens is 260 g/mol. The van der Waals surface area contributed by atoms with Crippen LogP contribution in [0.3, 0.4) is 0 Å². The van der Waals surface area contributed by atoms with Gasteiger partial charge in [-0.2, -0.15) is 0 Å². The summed E-state index contributed by atoms with van der Waals surface area (Å²) in [6, 6.07) is 18.1. The Kier molecular flexibility index (Phi) is 3.87. The molecule has 0 atom stereocenters. The van der Waals surface area contributed by atoms with Crippen LogP contribution in [0.4, 0.5) is 0 Å². The van der Waals surface area contributed by atoms with E-state index in [1.807, 2.05) is 42.5 Å². The maximum atomic E-state index is 12.2. The third-order valence-electron chi connectivity index (χ3n) is 3.91. The molecule has 2 aromatic rings. The van der Waals surface area contributed by atoms with Gasteiger partial charge in [0.25, 0.3) is 0 Å². The number of Topliss-reactive ketones (excluding diaryl/α,β-unsaturated/α-hetero) is 1. The minimum atomic E-state index is 0.282. The quantitative estimate of drug-likeness (QED) is 0.784. The lowest BCUT2D eigenvalue weighted by Gasteiger charge is -2.12. The number of rotatable bonds is 3. The van der Waals surface area contributed by atoms with Gasteiger partial charge in [-0.05, 0) is 41.7 Å². The van der Waals surface area contributed by atoms with Crippen molar-refractivity contribution in [3.05, 3.63) is 71.3 Å².